The minimum atomic E-state index is -1.90. The third-order valence-electron chi connectivity index (χ3n) is 6.86. The van der Waals surface area contributed by atoms with Gasteiger partial charge >= 0.3 is 11.9 Å². The zero-order valence-corrected chi connectivity index (χ0v) is 19.7. The molecule has 0 aliphatic carbocycles. The van der Waals surface area contributed by atoms with Crippen LogP contribution in [0.1, 0.15) is 44.7 Å². The molecule has 3 aliphatic heterocycles. The fourth-order valence-corrected chi connectivity index (χ4v) is 5.21. The number of aliphatic hydroxyl groups is 1. The smallest absolute Gasteiger partial charge is 0.362 e. The molecule has 0 aromatic heterocycles. The van der Waals surface area contributed by atoms with Crippen LogP contribution < -0.4 is 0 Å². The SMILES string of the molecule is CC(C)(C)OC(=O)C[N+]12CCC(CC1)[C@@H](OC(=O)C(O)(c1ccccc1)c1ccccc1)C2. The van der Waals surface area contributed by atoms with Crippen LogP contribution in [0.15, 0.2) is 60.7 Å². The van der Waals surface area contributed by atoms with E-state index in [2.05, 4.69) is 0 Å². The molecule has 3 aliphatic rings. The first kappa shape index (κ1) is 23.5. The highest BCUT2D eigenvalue weighted by Crippen LogP contribution is 2.38. The second-order valence-corrected chi connectivity index (χ2v) is 10.4. The third kappa shape index (κ3) is 4.97. The molecule has 5 rings (SSSR count). The summed E-state index contributed by atoms with van der Waals surface area (Å²) >= 11 is 0. The molecular weight excluding hydrogens is 418 g/mol. The van der Waals surface area contributed by atoms with Gasteiger partial charge in [-0.25, -0.2) is 9.59 Å². The summed E-state index contributed by atoms with van der Waals surface area (Å²) in [5.41, 5.74) is -1.48. The van der Waals surface area contributed by atoms with E-state index in [0.717, 1.165) is 25.9 Å². The van der Waals surface area contributed by atoms with Crippen molar-refractivity contribution in [3.63, 3.8) is 0 Å². The van der Waals surface area contributed by atoms with Crippen LogP contribution in [0.2, 0.25) is 0 Å². The predicted molar refractivity (Wildman–Crippen MR) is 124 cm³/mol. The molecule has 2 bridgehead atoms. The van der Waals surface area contributed by atoms with E-state index in [1.807, 2.05) is 32.9 Å². The fraction of sp³-hybridized carbons (Fsp3) is 0.481. The monoisotopic (exact) mass is 452 g/mol. The Balaban J connectivity index is 1.55. The van der Waals surface area contributed by atoms with Gasteiger partial charge in [0.25, 0.3) is 0 Å². The largest absolute Gasteiger partial charge is 0.456 e. The Morgan fingerprint density at radius 1 is 0.939 bits per heavy atom. The zero-order chi connectivity index (χ0) is 23.7. The summed E-state index contributed by atoms with van der Waals surface area (Å²) < 4.78 is 12.2. The number of carbonyl (C=O) groups excluding carboxylic acids is 2. The standard InChI is InChI=1S/C27H34NO5/c1-26(2,3)33-24(29)19-28-16-14-20(15-17-28)23(18-28)32-25(30)27(31,21-10-6-4-7-11-21)22-12-8-5-9-13-22/h4-13,20,23,31H,14-19H2,1-3H3/q+1/t20?,23-,28?/m0/s1. The minimum absolute atomic E-state index is 0.224. The Kier molecular flexibility index (Phi) is 6.34. The number of piperidine rings is 3. The molecule has 3 fully saturated rings. The summed E-state index contributed by atoms with van der Waals surface area (Å²) in [7, 11) is 0. The van der Waals surface area contributed by atoms with E-state index in [1.165, 1.54) is 0 Å². The normalized spacial score (nSPS) is 24.8. The Morgan fingerprint density at radius 3 is 1.94 bits per heavy atom. The molecule has 2 aromatic carbocycles. The summed E-state index contributed by atoms with van der Waals surface area (Å²) in [6.45, 7) is 8.19. The first-order valence-corrected chi connectivity index (χ1v) is 11.7. The van der Waals surface area contributed by atoms with Gasteiger partial charge in [-0.2, -0.15) is 0 Å². The van der Waals surface area contributed by atoms with Crippen molar-refractivity contribution >= 4 is 11.9 Å². The van der Waals surface area contributed by atoms with E-state index in [9.17, 15) is 14.7 Å². The molecule has 0 unspecified atom stereocenters. The van der Waals surface area contributed by atoms with Gasteiger partial charge in [-0.05, 0) is 31.9 Å². The average Bonchev–Trinajstić information content (AvgIpc) is 2.78. The highest BCUT2D eigenvalue weighted by atomic mass is 16.6. The summed E-state index contributed by atoms with van der Waals surface area (Å²) in [4.78, 5) is 26.1. The van der Waals surface area contributed by atoms with Crippen molar-refractivity contribution in [2.75, 3.05) is 26.2 Å². The van der Waals surface area contributed by atoms with Crippen LogP contribution in [0.5, 0.6) is 0 Å². The molecule has 2 aromatic rings. The topological polar surface area (TPSA) is 72.8 Å². The number of rotatable bonds is 6. The number of hydrogen-bond donors (Lipinski definition) is 1. The maximum atomic E-state index is 13.6. The summed E-state index contributed by atoms with van der Waals surface area (Å²) in [5.74, 6) is -0.657. The molecule has 3 saturated heterocycles. The first-order chi connectivity index (χ1) is 15.6. The summed E-state index contributed by atoms with van der Waals surface area (Å²) in [5, 5.41) is 11.7. The van der Waals surface area contributed by atoms with Gasteiger partial charge in [0.15, 0.2) is 12.6 Å². The quantitative estimate of drug-likeness (QED) is 0.537. The molecule has 1 atom stereocenters. The molecule has 6 heteroatoms. The molecule has 1 N–H and O–H groups in total. The average molecular weight is 453 g/mol. The molecule has 0 radical (unpaired) electrons. The van der Waals surface area contributed by atoms with Crippen LogP contribution in [-0.4, -0.2) is 59.4 Å². The van der Waals surface area contributed by atoms with Crippen molar-refractivity contribution < 1.29 is 28.7 Å². The van der Waals surface area contributed by atoms with Crippen molar-refractivity contribution in [2.45, 2.75) is 50.9 Å². The van der Waals surface area contributed by atoms with E-state index in [0.29, 0.717) is 22.2 Å². The zero-order valence-electron chi connectivity index (χ0n) is 19.7. The maximum Gasteiger partial charge on any atom is 0.362 e. The second-order valence-electron chi connectivity index (χ2n) is 10.4. The number of quaternary nitrogens is 1. The number of fused-ring (bicyclic) bond motifs is 3. The lowest BCUT2D eigenvalue weighted by Gasteiger charge is -2.51. The number of benzene rings is 2. The molecule has 0 spiro atoms. The van der Waals surface area contributed by atoms with E-state index >= 15 is 0 Å². The molecular formula is C27H34NO5+. The Labute approximate surface area is 195 Å². The maximum absolute atomic E-state index is 13.6. The van der Waals surface area contributed by atoms with Crippen molar-refractivity contribution in [1.29, 1.82) is 0 Å². The van der Waals surface area contributed by atoms with E-state index in [-0.39, 0.29) is 24.5 Å². The lowest BCUT2D eigenvalue weighted by atomic mass is 9.82. The number of esters is 2. The number of hydrogen-bond acceptors (Lipinski definition) is 5. The fourth-order valence-electron chi connectivity index (χ4n) is 5.21. The van der Waals surface area contributed by atoms with E-state index < -0.39 is 17.2 Å². The van der Waals surface area contributed by atoms with Gasteiger partial charge < -0.3 is 19.1 Å². The highest BCUT2D eigenvalue weighted by Gasteiger charge is 2.51. The van der Waals surface area contributed by atoms with Gasteiger partial charge in [0, 0.05) is 18.8 Å². The highest BCUT2D eigenvalue weighted by molar-refractivity contribution is 5.85. The Hall–Kier alpha value is -2.70. The summed E-state index contributed by atoms with van der Waals surface area (Å²) in [6, 6.07) is 17.8. The first-order valence-electron chi connectivity index (χ1n) is 11.7. The number of nitrogens with zero attached hydrogens (tertiary/aromatic N) is 1. The number of carbonyl (C=O) groups is 2. The molecule has 176 valence electrons. The molecule has 0 amide bonds. The summed E-state index contributed by atoms with van der Waals surface area (Å²) in [6.07, 6.45) is 1.42. The third-order valence-corrected chi connectivity index (χ3v) is 6.86. The second kappa shape index (κ2) is 8.92. The van der Waals surface area contributed by atoms with Crippen molar-refractivity contribution in [3.8, 4) is 0 Å². The van der Waals surface area contributed by atoms with Crippen molar-refractivity contribution in [3.05, 3.63) is 71.8 Å². The van der Waals surface area contributed by atoms with Crippen LogP contribution >= 0.6 is 0 Å². The van der Waals surface area contributed by atoms with Gasteiger partial charge in [-0.3, -0.25) is 0 Å². The lowest BCUT2D eigenvalue weighted by Crippen LogP contribution is -2.66. The van der Waals surface area contributed by atoms with Gasteiger partial charge in [0.1, 0.15) is 12.1 Å². The molecule has 33 heavy (non-hydrogen) atoms. The van der Waals surface area contributed by atoms with Crippen molar-refractivity contribution in [2.24, 2.45) is 5.92 Å². The van der Waals surface area contributed by atoms with Crippen LogP contribution in [0.25, 0.3) is 0 Å². The van der Waals surface area contributed by atoms with E-state index in [4.69, 9.17) is 9.47 Å². The molecule has 3 heterocycles. The lowest BCUT2D eigenvalue weighted by molar-refractivity contribution is -0.939. The van der Waals surface area contributed by atoms with Crippen molar-refractivity contribution in [1.82, 2.24) is 0 Å². The molecule has 6 nitrogen and oxygen atoms in total. The van der Waals surface area contributed by atoms with Crippen LogP contribution in [0, 0.1) is 5.92 Å². The Bertz CT molecular complexity index is 935. The van der Waals surface area contributed by atoms with Gasteiger partial charge in [0.05, 0.1) is 13.1 Å². The predicted octanol–water partition coefficient (Wildman–Crippen LogP) is 3.42. The molecule has 0 saturated carbocycles. The van der Waals surface area contributed by atoms with Gasteiger partial charge in [-0.1, -0.05) is 60.7 Å². The van der Waals surface area contributed by atoms with Crippen LogP contribution in [-0.2, 0) is 24.7 Å². The van der Waals surface area contributed by atoms with E-state index in [1.54, 1.807) is 48.5 Å². The van der Waals surface area contributed by atoms with Crippen LogP contribution in [0.3, 0.4) is 0 Å². The Morgan fingerprint density at radius 2 is 1.45 bits per heavy atom. The van der Waals surface area contributed by atoms with Crippen LogP contribution in [0.4, 0.5) is 0 Å². The minimum Gasteiger partial charge on any atom is -0.456 e. The van der Waals surface area contributed by atoms with Gasteiger partial charge in [0.2, 0.25) is 5.60 Å². The number of ether oxygens (including phenoxy) is 2. The van der Waals surface area contributed by atoms with Gasteiger partial charge in [-0.15, -0.1) is 0 Å².